The zero-order valence-corrected chi connectivity index (χ0v) is 18.7. The molecule has 1 aromatic heterocycles. The Morgan fingerprint density at radius 2 is 1.74 bits per heavy atom. The lowest BCUT2D eigenvalue weighted by Crippen LogP contribution is -2.43. The summed E-state index contributed by atoms with van der Waals surface area (Å²) >= 11 is 1.59. The van der Waals surface area contributed by atoms with E-state index in [1.54, 1.807) is 18.3 Å². The number of amides is 2. The van der Waals surface area contributed by atoms with Gasteiger partial charge >= 0.3 is 0 Å². The molecule has 2 fully saturated rings. The van der Waals surface area contributed by atoms with Gasteiger partial charge in [0.2, 0.25) is 5.91 Å². The van der Waals surface area contributed by atoms with Gasteiger partial charge in [0.25, 0.3) is 5.91 Å². The van der Waals surface area contributed by atoms with Crippen LogP contribution >= 0.6 is 11.3 Å². The highest BCUT2D eigenvalue weighted by Gasteiger charge is 2.39. The third-order valence-corrected chi connectivity index (χ3v) is 8.20. The average Bonchev–Trinajstić information content (AvgIpc) is 3.52. The molecule has 1 atom stereocenters. The molecule has 2 heterocycles. The topological polar surface area (TPSA) is 49.4 Å². The quantitative estimate of drug-likeness (QED) is 0.597. The second-order valence-corrected chi connectivity index (χ2v) is 9.95. The highest BCUT2D eigenvalue weighted by molar-refractivity contribution is 7.21. The lowest BCUT2D eigenvalue weighted by atomic mass is 9.87. The first-order chi connectivity index (χ1) is 15.1. The van der Waals surface area contributed by atoms with Gasteiger partial charge in [0.05, 0.1) is 10.4 Å². The number of carbonyl (C=O) groups excluding carboxylic acids is 2. The molecule has 0 spiro atoms. The lowest BCUT2D eigenvalue weighted by molar-refractivity contribution is -0.127. The van der Waals surface area contributed by atoms with E-state index in [1.165, 1.54) is 5.56 Å². The third kappa shape index (κ3) is 3.65. The predicted molar refractivity (Wildman–Crippen MR) is 125 cm³/mol. The Balaban J connectivity index is 1.52. The average molecular weight is 433 g/mol. The Bertz CT molecular complexity index is 1110. The van der Waals surface area contributed by atoms with Gasteiger partial charge < -0.3 is 10.2 Å². The standard InChI is InChI=1S/C26H28N2O2S/c1-18(29)28-16-13-19(17-28)23-21-11-5-6-12-22(21)31-24(23)25(30)27-26(14-7-8-15-26)20-9-3-2-4-10-20/h2-6,9-12,19H,7-8,13-17H2,1H3,(H,27,30)/t19-/m0/s1. The molecular formula is C26H28N2O2S. The summed E-state index contributed by atoms with van der Waals surface area (Å²) in [5.41, 5.74) is 2.04. The number of nitrogens with zero attached hydrogens (tertiary/aromatic N) is 1. The number of rotatable bonds is 4. The van der Waals surface area contributed by atoms with E-state index in [2.05, 4.69) is 41.7 Å². The fraction of sp³-hybridized carbons (Fsp3) is 0.385. The molecule has 160 valence electrons. The zero-order valence-electron chi connectivity index (χ0n) is 17.9. The summed E-state index contributed by atoms with van der Waals surface area (Å²) in [7, 11) is 0. The van der Waals surface area contributed by atoms with Gasteiger partial charge in [-0.05, 0) is 41.8 Å². The highest BCUT2D eigenvalue weighted by atomic mass is 32.1. The van der Waals surface area contributed by atoms with Gasteiger partial charge in [0, 0.05) is 30.6 Å². The first kappa shape index (κ1) is 20.3. The molecule has 0 bridgehead atoms. The van der Waals surface area contributed by atoms with Crippen molar-refractivity contribution in [2.75, 3.05) is 13.1 Å². The van der Waals surface area contributed by atoms with Gasteiger partial charge in [-0.25, -0.2) is 0 Å². The number of nitrogens with one attached hydrogen (secondary N) is 1. The fourth-order valence-corrected chi connectivity index (χ4v) is 6.60. The number of likely N-dealkylation sites (tertiary alicyclic amines) is 1. The maximum Gasteiger partial charge on any atom is 0.262 e. The van der Waals surface area contributed by atoms with E-state index in [0.29, 0.717) is 6.54 Å². The van der Waals surface area contributed by atoms with Crippen LogP contribution in [0.4, 0.5) is 0 Å². The molecule has 1 aliphatic carbocycles. The van der Waals surface area contributed by atoms with E-state index in [1.807, 2.05) is 23.1 Å². The monoisotopic (exact) mass is 432 g/mol. The minimum atomic E-state index is -0.285. The van der Waals surface area contributed by atoms with Crippen molar-refractivity contribution >= 4 is 33.2 Å². The van der Waals surface area contributed by atoms with Crippen LogP contribution < -0.4 is 5.32 Å². The van der Waals surface area contributed by atoms with Crippen LogP contribution in [0.1, 0.15) is 65.7 Å². The van der Waals surface area contributed by atoms with Crippen molar-refractivity contribution in [3.8, 4) is 0 Å². The van der Waals surface area contributed by atoms with Gasteiger partial charge in [-0.1, -0.05) is 61.4 Å². The van der Waals surface area contributed by atoms with Gasteiger partial charge in [0.1, 0.15) is 0 Å². The maximum absolute atomic E-state index is 13.8. The Morgan fingerprint density at radius 3 is 2.45 bits per heavy atom. The van der Waals surface area contributed by atoms with Crippen LogP contribution in [0.3, 0.4) is 0 Å². The molecule has 1 saturated carbocycles. The summed E-state index contributed by atoms with van der Waals surface area (Å²) in [5, 5.41) is 4.64. The first-order valence-electron chi connectivity index (χ1n) is 11.2. The Morgan fingerprint density at radius 1 is 1.03 bits per heavy atom. The highest BCUT2D eigenvalue weighted by Crippen LogP contribution is 2.42. The predicted octanol–water partition coefficient (Wildman–Crippen LogP) is 5.44. The molecule has 0 radical (unpaired) electrons. The van der Waals surface area contributed by atoms with E-state index >= 15 is 0 Å². The number of fused-ring (bicyclic) bond motifs is 1. The van der Waals surface area contributed by atoms with E-state index in [9.17, 15) is 9.59 Å². The zero-order chi connectivity index (χ0) is 21.4. The van der Waals surface area contributed by atoms with Crippen molar-refractivity contribution in [3.05, 3.63) is 70.6 Å². The molecule has 2 aliphatic rings. The number of hydrogen-bond acceptors (Lipinski definition) is 3. The van der Waals surface area contributed by atoms with Crippen LogP contribution in [0.2, 0.25) is 0 Å². The van der Waals surface area contributed by atoms with Crippen molar-refractivity contribution in [3.63, 3.8) is 0 Å². The minimum Gasteiger partial charge on any atom is -0.342 e. The SMILES string of the molecule is CC(=O)N1CC[C@H](c2c(C(=O)NC3(c4ccccc4)CCCC3)sc3ccccc23)C1. The molecule has 1 saturated heterocycles. The second kappa shape index (κ2) is 8.12. The minimum absolute atomic E-state index is 0.0308. The molecule has 4 nitrogen and oxygen atoms in total. The normalized spacial score (nSPS) is 20.3. The summed E-state index contributed by atoms with van der Waals surface area (Å²) in [6.07, 6.45) is 5.12. The van der Waals surface area contributed by atoms with Crippen molar-refractivity contribution in [2.24, 2.45) is 0 Å². The molecular weight excluding hydrogens is 404 g/mol. The Hall–Kier alpha value is -2.66. The number of hydrogen-bond donors (Lipinski definition) is 1. The third-order valence-electron chi connectivity index (χ3n) is 7.02. The summed E-state index contributed by atoms with van der Waals surface area (Å²) in [6, 6.07) is 18.7. The largest absolute Gasteiger partial charge is 0.342 e. The molecule has 1 N–H and O–H groups in total. The Labute approximate surface area is 187 Å². The number of carbonyl (C=O) groups is 2. The van der Waals surface area contributed by atoms with Crippen molar-refractivity contribution in [1.82, 2.24) is 10.2 Å². The Kier molecular flexibility index (Phi) is 5.30. The first-order valence-corrected chi connectivity index (χ1v) is 12.0. The molecule has 0 unspecified atom stereocenters. The van der Waals surface area contributed by atoms with Crippen molar-refractivity contribution in [2.45, 2.75) is 50.5 Å². The summed E-state index contributed by atoms with van der Waals surface area (Å²) in [4.78, 5) is 28.4. The number of thiophene rings is 1. The van der Waals surface area contributed by atoms with E-state index in [4.69, 9.17) is 0 Å². The van der Waals surface area contributed by atoms with Gasteiger partial charge in [-0.3, -0.25) is 9.59 Å². The fourth-order valence-electron chi connectivity index (χ4n) is 5.42. The van der Waals surface area contributed by atoms with E-state index in [0.717, 1.165) is 59.2 Å². The molecule has 1 aliphatic heterocycles. The molecule has 5 heteroatoms. The van der Waals surface area contributed by atoms with Crippen LogP contribution in [0.15, 0.2) is 54.6 Å². The maximum atomic E-state index is 13.8. The van der Waals surface area contributed by atoms with Gasteiger partial charge in [-0.2, -0.15) is 0 Å². The van der Waals surface area contributed by atoms with Crippen LogP contribution in [-0.2, 0) is 10.3 Å². The van der Waals surface area contributed by atoms with Gasteiger partial charge in [-0.15, -0.1) is 11.3 Å². The van der Waals surface area contributed by atoms with Crippen molar-refractivity contribution in [1.29, 1.82) is 0 Å². The molecule has 5 rings (SSSR count). The van der Waals surface area contributed by atoms with E-state index < -0.39 is 0 Å². The second-order valence-electron chi connectivity index (χ2n) is 8.90. The summed E-state index contributed by atoms with van der Waals surface area (Å²) in [5.74, 6) is 0.349. The van der Waals surface area contributed by atoms with Crippen LogP contribution in [0.25, 0.3) is 10.1 Å². The van der Waals surface area contributed by atoms with Crippen LogP contribution in [0.5, 0.6) is 0 Å². The van der Waals surface area contributed by atoms with Crippen LogP contribution in [0, 0.1) is 0 Å². The molecule has 2 aromatic carbocycles. The smallest absolute Gasteiger partial charge is 0.262 e. The van der Waals surface area contributed by atoms with Gasteiger partial charge in [0.15, 0.2) is 0 Å². The van der Waals surface area contributed by atoms with Crippen molar-refractivity contribution < 1.29 is 9.59 Å². The summed E-state index contributed by atoms with van der Waals surface area (Å²) in [6.45, 7) is 3.09. The number of benzene rings is 2. The summed E-state index contributed by atoms with van der Waals surface area (Å²) < 4.78 is 1.14. The van der Waals surface area contributed by atoms with E-state index in [-0.39, 0.29) is 23.3 Å². The molecule has 31 heavy (non-hydrogen) atoms. The van der Waals surface area contributed by atoms with Crippen LogP contribution in [-0.4, -0.2) is 29.8 Å². The molecule has 2 amide bonds. The molecule has 3 aromatic rings. The lowest BCUT2D eigenvalue weighted by Gasteiger charge is -2.31.